The number of esters is 1. The molecule has 0 aliphatic heterocycles. The Bertz CT molecular complexity index is 359. The Kier molecular flexibility index (Phi) is 3.83. The van der Waals surface area contributed by atoms with E-state index in [1.807, 2.05) is 13.8 Å². The van der Waals surface area contributed by atoms with Crippen molar-refractivity contribution in [3.63, 3.8) is 0 Å². The fraction of sp³-hybridized carbons (Fsp3) is 0.417. The van der Waals surface area contributed by atoms with Crippen LogP contribution in [0, 0.1) is 5.82 Å². The molecule has 1 aromatic carbocycles. The van der Waals surface area contributed by atoms with Crippen LogP contribution in [0.2, 0.25) is 0 Å². The van der Waals surface area contributed by atoms with E-state index in [0.29, 0.717) is 11.1 Å². The highest BCUT2D eigenvalue weighted by Crippen LogP contribution is 2.21. The highest BCUT2D eigenvalue weighted by atomic mass is 19.1. The standard InChI is InChI=1S/C12H15FO2/c1-8(2)11-6-4-5-10(12(11)13)7-15-9(3)14/h4-6,8H,7H2,1-3H3. The Hall–Kier alpha value is -1.38. The van der Waals surface area contributed by atoms with Gasteiger partial charge < -0.3 is 4.74 Å². The van der Waals surface area contributed by atoms with Gasteiger partial charge in [0.05, 0.1) is 0 Å². The summed E-state index contributed by atoms with van der Waals surface area (Å²) in [5.74, 6) is -0.541. The lowest BCUT2D eigenvalue weighted by Crippen LogP contribution is -2.03. The van der Waals surface area contributed by atoms with Crippen LogP contribution in [0.4, 0.5) is 4.39 Å². The number of carbonyl (C=O) groups is 1. The van der Waals surface area contributed by atoms with E-state index in [2.05, 4.69) is 0 Å². The Morgan fingerprint density at radius 3 is 2.67 bits per heavy atom. The SMILES string of the molecule is CC(=O)OCc1cccc(C(C)C)c1F. The summed E-state index contributed by atoms with van der Waals surface area (Å²) in [4.78, 5) is 10.6. The molecule has 3 heteroatoms. The van der Waals surface area contributed by atoms with Crippen LogP contribution in [0.5, 0.6) is 0 Å². The minimum absolute atomic E-state index is 0.00171. The average molecular weight is 210 g/mol. The predicted molar refractivity (Wildman–Crippen MR) is 56.0 cm³/mol. The van der Waals surface area contributed by atoms with Gasteiger partial charge >= 0.3 is 5.97 Å². The summed E-state index contributed by atoms with van der Waals surface area (Å²) in [5.41, 5.74) is 1.08. The van der Waals surface area contributed by atoms with Crippen molar-refractivity contribution in [2.45, 2.75) is 33.3 Å². The molecule has 0 aliphatic carbocycles. The highest BCUT2D eigenvalue weighted by molar-refractivity contribution is 5.65. The van der Waals surface area contributed by atoms with Crippen LogP contribution in [0.1, 0.15) is 37.8 Å². The Morgan fingerprint density at radius 2 is 2.13 bits per heavy atom. The van der Waals surface area contributed by atoms with Gasteiger partial charge in [0, 0.05) is 12.5 Å². The lowest BCUT2D eigenvalue weighted by atomic mass is 10.0. The molecule has 0 unspecified atom stereocenters. The largest absolute Gasteiger partial charge is 0.461 e. The Morgan fingerprint density at radius 1 is 1.47 bits per heavy atom. The fourth-order valence-electron chi connectivity index (χ4n) is 1.34. The number of hydrogen-bond donors (Lipinski definition) is 0. The topological polar surface area (TPSA) is 26.3 Å². The molecule has 0 aliphatic rings. The minimum Gasteiger partial charge on any atom is -0.461 e. The lowest BCUT2D eigenvalue weighted by Gasteiger charge is -2.10. The van der Waals surface area contributed by atoms with Crippen molar-refractivity contribution in [1.82, 2.24) is 0 Å². The number of benzene rings is 1. The van der Waals surface area contributed by atoms with Gasteiger partial charge in [-0.25, -0.2) is 4.39 Å². The molecular formula is C12H15FO2. The first-order valence-electron chi connectivity index (χ1n) is 4.93. The zero-order valence-electron chi connectivity index (χ0n) is 9.21. The van der Waals surface area contributed by atoms with E-state index in [4.69, 9.17) is 4.74 Å². The number of rotatable bonds is 3. The van der Waals surface area contributed by atoms with Gasteiger partial charge in [0.25, 0.3) is 0 Å². The number of hydrogen-bond acceptors (Lipinski definition) is 2. The number of ether oxygens (including phenoxy) is 1. The average Bonchev–Trinajstić information content (AvgIpc) is 2.15. The highest BCUT2D eigenvalue weighted by Gasteiger charge is 2.11. The van der Waals surface area contributed by atoms with Gasteiger partial charge in [-0.1, -0.05) is 32.0 Å². The maximum atomic E-state index is 13.8. The molecule has 0 N–H and O–H groups in total. The minimum atomic E-state index is -0.399. The van der Waals surface area contributed by atoms with Crippen molar-refractivity contribution in [1.29, 1.82) is 0 Å². The second kappa shape index (κ2) is 4.91. The summed E-state index contributed by atoms with van der Waals surface area (Å²) in [6.07, 6.45) is 0. The van der Waals surface area contributed by atoms with Gasteiger partial charge in [-0.15, -0.1) is 0 Å². The van der Waals surface area contributed by atoms with E-state index in [0.717, 1.165) is 0 Å². The van der Waals surface area contributed by atoms with Gasteiger partial charge in [0.1, 0.15) is 12.4 Å². The van der Waals surface area contributed by atoms with Crippen molar-refractivity contribution in [2.24, 2.45) is 0 Å². The molecule has 1 rings (SSSR count). The number of carbonyl (C=O) groups excluding carboxylic acids is 1. The van der Waals surface area contributed by atoms with Crippen molar-refractivity contribution in [3.05, 3.63) is 35.1 Å². The summed E-state index contributed by atoms with van der Waals surface area (Å²) in [6.45, 7) is 5.16. The van der Waals surface area contributed by atoms with Crippen LogP contribution in [-0.4, -0.2) is 5.97 Å². The molecule has 2 nitrogen and oxygen atoms in total. The molecule has 0 radical (unpaired) electrons. The normalized spacial score (nSPS) is 10.5. The van der Waals surface area contributed by atoms with Crippen molar-refractivity contribution in [2.75, 3.05) is 0 Å². The van der Waals surface area contributed by atoms with Crippen molar-refractivity contribution in [3.8, 4) is 0 Å². The van der Waals surface area contributed by atoms with Crippen LogP contribution >= 0.6 is 0 Å². The van der Waals surface area contributed by atoms with E-state index in [9.17, 15) is 9.18 Å². The molecule has 0 aromatic heterocycles. The lowest BCUT2D eigenvalue weighted by molar-refractivity contribution is -0.142. The summed E-state index contributed by atoms with van der Waals surface area (Å²) < 4.78 is 18.5. The molecule has 0 saturated heterocycles. The quantitative estimate of drug-likeness (QED) is 0.717. The number of halogens is 1. The first-order valence-corrected chi connectivity index (χ1v) is 4.93. The van der Waals surface area contributed by atoms with Crippen molar-refractivity contribution >= 4 is 5.97 Å². The molecule has 15 heavy (non-hydrogen) atoms. The molecular weight excluding hydrogens is 195 g/mol. The van der Waals surface area contributed by atoms with Crippen LogP contribution in [-0.2, 0) is 16.1 Å². The van der Waals surface area contributed by atoms with E-state index >= 15 is 0 Å². The van der Waals surface area contributed by atoms with Gasteiger partial charge in [-0.3, -0.25) is 4.79 Å². The van der Waals surface area contributed by atoms with E-state index < -0.39 is 5.97 Å². The van der Waals surface area contributed by atoms with Crippen molar-refractivity contribution < 1.29 is 13.9 Å². The molecule has 0 bridgehead atoms. The second-order valence-corrected chi connectivity index (χ2v) is 3.76. The summed E-state index contributed by atoms with van der Waals surface area (Å²) >= 11 is 0. The third kappa shape index (κ3) is 3.05. The molecule has 0 spiro atoms. The second-order valence-electron chi connectivity index (χ2n) is 3.76. The summed E-state index contributed by atoms with van der Waals surface area (Å²) in [7, 11) is 0. The first-order chi connectivity index (χ1) is 7.02. The van der Waals surface area contributed by atoms with Crippen LogP contribution in [0.15, 0.2) is 18.2 Å². The van der Waals surface area contributed by atoms with Crippen LogP contribution < -0.4 is 0 Å². The van der Waals surface area contributed by atoms with E-state index in [1.165, 1.54) is 6.92 Å². The molecule has 82 valence electrons. The first kappa shape index (κ1) is 11.7. The van der Waals surface area contributed by atoms with Crippen LogP contribution in [0.3, 0.4) is 0 Å². The summed E-state index contributed by atoms with van der Waals surface area (Å²) in [5, 5.41) is 0. The molecule has 0 atom stereocenters. The monoisotopic (exact) mass is 210 g/mol. The van der Waals surface area contributed by atoms with Gasteiger partial charge in [-0.2, -0.15) is 0 Å². The maximum Gasteiger partial charge on any atom is 0.302 e. The fourth-order valence-corrected chi connectivity index (χ4v) is 1.34. The van der Waals surface area contributed by atoms with Gasteiger partial charge in [0.2, 0.25) is 0 Å². The molecule has 0 fully saturated rings. The Balaban J connectivity index is 2.89. The molecule has 0 heterocycles. The third-order valence-electron chi connectivity index (χ3n) is 2.16. The summed E-state index contributed by atoms with van der Waals surface area (Å²) in [6, 6.07) is 5.15. The zero-order chi connectivity index (χ0) is 11.4. The molecule has 1 aromatic rings. The van der Waals surface area contributed by atoms with Gasteiger partial charge in [-0.05, 0) is 11.5 Å². The maximum absolute atomic E-state index is 13.8. The smallest absolute Gasteiger partial charge is 0.302 e. The van der Waals surface area contributed by atoms with Gasteiger partial charge in [0.15, 0.2) is 0 Å². The molecule has 0 saturated carbocycles. The van der Waals surface area contributed by atoms with Crippen LogP contribution in [0.25, 0.3) is 0 Å². The third-order valence-corrected chi connectivity index (χ3v) is 2.16. The zero-order valence-corrected chi connectivity index (χ0v) is 9.21. The molecule has 0 amide bonds. The predicted octanol–water partition coefficient (Wildman–Crippen LogP) is 3.01. The van der Waals surface area contributed by atoms with E-state index in [-0.39, 0.29) is 18.3 Å². The van der Waals surface area contributed by atoms with E-state index in [1.54, 1.807) is 18.2 Å². The Labute approximate surface area is 89.1 Å².